The zero-order valence-corrected chi connectivity index (χ0v) is 16.2. The molecular weight excluding hydrogens is 460 g/mol. The molecule has 2 rings (SSSR count). The number of nitrogens with one attached hydrogen (secondary N) is 1. The van der Waals surface area contributed by atoms with Crippen molar-refractivity contribution in [3.8, 4) is 0 Å². The van der Waals surface area contributed by atoms with Crippen molar-refractivity contribution in [1.29, 1.82) is 0 Å². The Hall–Kier alpha value is -1.74. The van der Waals surface area contributed by atoms with Crippen LogP contribution < -0.4 is 11.1 Å². The number of hydrogen-bond donors (Lipinski definition) is 2. The summed E-state index contributed by atoms with van der Waals surface area (Å²) >= 11 is 1.33. The second-order valence-corrected chi connectivity index (χ2v) is 6.41. The first-order valence-corrected chi connectivity index (χ1v) is 9.41. The number of benzene rings is 1. The fourth-order valence-electron chi connectivity index (χ4n) is 2.43. The van der Waals surface area contributed by atoms with E-state index in [0.717, 1.165) is 24.6 Å². The number of rotatable bonds is 5. The number of nitrogens with two attached hydrogens (primary N) is 1. The van der Waals surface area contributed by atoms with E-state index in [0.29, 0.717) is 5.82 Å². The summed E-state index contributed by atoms with van der Waals surface area (Å²) in [5, 5.41) is 3.18. The molecule has 0 bridgehead atoms. The Morgan fingerprint density at radius 3 is 2.48 bits per heavy atom. The van der Waals surface area contributed by atoms with Crippen molar-refractivity contribution in [3.63, 3.8) is 0 Å². The zero-order chi connectivity index (χ0) is 16.7. The van der Waals surface area contributed by atoms with Crippen LogP contribution in [0.3, 0.4) is 0 Å². The molecule has 0 aliphatic carbocycles. The summed E-state index contributed by atoms with van der Waals surface area (Å²) < 4.78 is 2.05. The summed E-state index contributed by atoms with van der Waals surface area (Å²) in [4.78, 5) is 18.2. The molecule has 1 aliphatic rings. The van der Waals surface area contributed by atoms with Crippen molar-refractivity contribution in [3.05, 3.63) is 41.7 Å². The third-order valence-corrected chi connectivity index (χ3v) is 4.38. The van der Waals surface area contributed by atoms with Gasteiger partial charge in [-0.3, -0.25) is 0 Å². The van der Waals surface area contributed by atoms with E-state index in [-0.39, 0.29) is 0 Å². The number of anilines is 1. The minimum atomic E-state index is -0.509. The van der Waals surface area contributed by atoms with Crippen molar-refractivity contribution in [2.45, 2.75) is 26.2 Å². The fourth-order valence-corrected chi connectivity index (χ4v) is 3.16. The Morgan fingerprint density at radius 2 is 1.91 bits per heavy atom. The van der Waals surface area contributed by atoms with E-state index in [1.807, 2.05) is 31.2 Å². The van der Waals surface area contributed by atoms with Crippen molar-refractivity contribution >= 4 is 21.8 Å². The zero-order valence-electron chi connectivity index (χ0n) is 13.3. The van der Waals surface area contributed by atoms with Crippen molar-refractivity contribution in [2.24, 2.45) is 10.7 Å². The van der Waals surface area contributed by atoms with Gasteiger partial charge in [-0.05, 0) is 0 Å². The number of aryl methyl sites for hydroxylation is 1. The minimum absolute atomic E-state index is 0.472. The SMILES string of the molecule is Cc1ccc(NC(=CC(N)=O)/N=C(\[CH]=[W])N2CCCCC2)cc1. The first-order chi connectivity index (χ1) is 11.1. The van der Waals surface area contributed by atoms with Crippen LogP contribution in [0, 0.1) is 6.92 Å². The van der Waals surface area contributed by atoms with Gasteiger partial charge in [0, 0.05) is 0 Å². The maximum absolute atomic E-state index is 11.3. The summed E-state index contributed by atoms with van der Waals surface area (Å²) in [5.74, 6) is 0.871. The average molecular weight is 482 g/mol. The molecule has 0 atom stereocenters. The number of aliphatic imine (C=N–C) groups is 1. The molecule has 1 fully saturated rings. The Bertz CT molecular complexity index is 616. The molecule has 3 N–H and O–H groups in total. The van der Waals surface area contributed by atoms with E-state index >= 15 is 0 Å². The van der Waals surface area contributed by atoms with Gasteiger partial charge < -0.3 is 0 Å². The number of amides is 1. The molecule has 0 radical (unpaired) electrons. The molecule has 0 aromatic heterocycles. The van der Waals surface area contributed by atoms with Crippen molar-refractivity contribution in [1.82, 2.24) is 4.90 Å². The number of hydrogen-bond acceptors (Lipinski definition) is 3. The number of primary amides is 1. The number of amidine groups is 1. The van der Waals surface area contributed by atoms with Gasteiger partial charge in [-0.15, -0.1) is 0 Å². The fraction of sp³-hybridized carbons (Fsp3) is 0.353. The molecular formula is C17H22N4OW. The first kappa shape index (κ1) is 17.6. The van der Waals surface area contributed by atoms with Crippen molar-refractivity contribution in [2.75, 3.05) is 18.4 Å². The summed E-state index contributed by atoms with van der Waals surface area (Å²) in [5.41, 5.74) is 7.39. The molecule has 1 aliphatic heterocycles. The van der Waals surface area contributed by atoms with Crippen molar-refractivity contribution < 1.29 is 24.1 Å². The molecule has 6 heteroatoms. The molecule has 0 spiro atoms. The summed E-state index contributed by atoms with van der Waals surface area (Å²) in [6.07, 6.45) is 4.97. The van der Waals surface area contributed by atoms with Gasteiger partial charge in [-0.2, -0.15) is 0 Å². The van der Waals surface area contributed by atoms with Gasteiger partial charge in [0.15, 0.2) is 0 Å². The number of carbonyl (C=O) groups excluding carboxylic acids is 1. The van der Waals surface area contributed by atoms with Crippen LogP contribution in [-0.4, -0.2) is 34.1 Å². The predicted molar refractivity (Wildman–Crippen MR) is 91.0 cm³/mol. The molecule has 1 aromatic rings. The molecule has 1 aromatic carbocycles. The molecule has 5 nitrogen and oxygen atoms in total. The standard InChI is InChI=1S/C17H22N4O.W/c1-13-6-8-15(9-7-13)20-17(12-16(18)22)19-14(2)21-10-4-3-5-11-21;/h2,6-9,12,20H,3-5,10-11H2,1H3,(H2,18,22);/b17-12?,19-14+;. The van der Waals surface area contributed by atoms with Crippen LogP contribution >= 0.6 is 0 Å². The summed E-state index contributed by atoms with van der Waals surface area (Å²) in [6, 6.07) is 7.94. The molecule has 0 unspecified atom stereocenters. The van der Waals surface area contributed by atoms with E-state index in [1.165, 1.54) is 50.3 Å². The first-order valence-electron chi connectivity index (χ1n) is 7.72. The normalized spacial score (nSPS) is 16.1. The van der Waals surface area contributed by atoms with Crippen LogP contribution in [0.15, 0.2) is 41.2 Å². The Morgan fingerprint density at radius 1 is 1.26 bits per heavy atom. The Kier molecular flexibility index (Phi) is 6.72. The second kappa shape index (κ2) is 8.78. The molecule has 1 heterocycles. The maximum atomic E-state index is 11.3. The van der Waals surface area contributed by atoms with Gasteiger partial charge in [0.05, 0.1) is 0 Å². The van der Waals surface area contributed by atoms with Crippen LogP contribution in [0.2, 0.25) is 0 Å². The summed E-state index contributed by atoms with van der Waals surface area (Å²) in [6.45, 7) is 4.05. The number of nitrogens with zero attached hydrogens (tertiary/aromatic N) is 2. The van der Waals surface area contributed by atoms with Gasteiger partial charge in [0.25, 0.3) is 0 Å². The third-order valence-electron chi connectivity index (χ3n) is 3.62. The van der Waals surface area contributed by atoms with Crippen LogP contribution in [0.4, 0.5) is 5.69 Å². The van der Waals surface area contributed by atoms with Crippen LogP contribution in [0.25, 0.3) is 0 Å². The molecule has 23 heavy (non-hydrogen) atoms. The quantitative estimate of drug-likeness (QED) is 0.383. The number of likely N-dealkylation sites (tertiary alicyclic amines) is 1. The topological polar surface area (TPSA) is 70.7 Å². The van der Waals surface area contributed by atoms with Gasteiger partial charge in [0.2, 0.25) is 0 Å². The van der Waals surface area contributed by atoms with E-state index in [1.54, 1.807) is 0 Å². The van der Waals surface area contributed by atoms with E-state index in [4.69, 9.17) is 5.73 Å². The van der Waals surface area contributed by atoms with Crippen LogP contribution in [0.5, 0.6) is 0 Å². The third kappa shape index (κ3) is 5.75. The van der Waals surface area contributed by atoms with E-state index in [2.05, 4.69) is 19.6 Å². The van der Waals surface area contributed by atoms with Crippen LogP contribution in [0.1, 0.15) is 24.8 Å². The Balaban J connectivity index is 2.22. The van der Waals surface area contributed by atoms with E-state index in [9.17, 15) is 4.79 Å². The van der Waals surface area contributed by atoms with Crippen LogP contribution in [-0.2, 0) is 24.1 Å². The van der Waals surface area contributed by atoms with Gasteiger partial charge in [0.1, 0.15) is 0 Å². The number of carbonyl (C=O) groups is 1. The van der Waals surface area contributed by atoms with Gasteiger partial charge in [-0.25, -0.2) is 0 Å². The van der Waals surface area contributed by atoms with Gasteiger partial charge in [-0.1, -0.05) is 0 Å². The van der Waals surface area contributed by atoms with Gasteiger partial charge >= 0.3 is 148 Å². The Labute approximate surface area is 148 Å². The molecule has 1 saturated heterocycles. The second-order valence-electron chi connectivity index (χ2n) is 5.56. The summed E-state index contributed by atoms with van der Waals surface area (Å²) in [7, 11) is 0. The molecule has 122 valence electrons. The predicted octanol–water partition coefficient (Wildman–Crippen LogP) is 1.97. The molecule has 1 amide bonds. The average Bonchev–Trinajstić information content (AvgIpc) is 2.55. The number of piperidine rings is 1. The molecule has 0 saturated carbocycles. The van der Waals surface area contributed by atoms with E-state index < -0.39 is 5.91 Å². The monoisotopic (exact) mass is 482 g/mol.